The van der Waals surface area contributed by atoms with Gasteiger partial charge in [-0.3, -0.25) is 0 Å². The molecule has 0 radical (unpaired) electrons. The van der Waals surface area contributed by atoms with Gasteiger partial charge in [0.25, 0.3) is 0 Å². The standard InChI is InChI=1S/C9H8F3.HI.Zn/c1-2-7-4-3-5-8(6-7)9(10,11)12;;/h3-6H,1-2H2;1H;/q;;+1/p-1. The molecule has 0 nitrogen and oxygen atoms in total. The summed E-state index contributed by atoms with van der Waals surface area (Å²) in [5.41, 5.74) is 0.236. The van der Waals surface area contributed by atoms with Gasteiger partial charge < -0.3 is 24.0 Å². The summed E-state index contributed by atoms with van der Waals surface area (Å²) in [6.07, 6.45) is -3.45. The van der Waals surface area contributed by atoms with Crippen LogP contribution in [-0.4, -0.2) is 0 Å². The summed E-state index contributed by atoms with van der Waals surface area (Å²) in [5, 5.41) is 0.987. The van der Waals surface area contributed by atoms with Gasteiger partial charge in [0.2, 0.25) is 0 Å². The first-order chi connectivity index (χ1) is 6.04. The third-order valence-corrected chi connectivity index (χ3v) is 2.46. The first-order valence-corrected chi connectivity index (χ1v) is 6.09. The topological polar surface area (TPSA) is 0 Å². The van der Waals surface area contributed by atoms with Gasteiger partial charge in [-0.2, -0.15) is 0 Å². The van der Waals surface area contributed by atoms with E-state index in [-0.39, 0.29) is 24.0 Å². The van der Waals surface area contributed by atoms with Crippen molar-refractivity contribution in [2.75, 3.05) is 0 Å². The van der Waals surface area contributed by atoms with Crippen molar-refractivity contribution in [1.82, 2.24) is 0 Å². The fraction of sp³-hybridized carbons (Fsp3) is 0.333. The Labute approximate surface area is 108 Å². The molecule has 0 amide bonds. The normalized spacial score (nSPS) is 10.9. The number of hydrogen-bond donors (Lipinski definition) is 0. The van der Waals surface area contributed by atoms with Gasteiger partial charge >= 0.3 is 84.5 Å². The largest absolute Gasteiger partial charge is 1.00 e. The molecule has 1 aromatic carbocycles. The Morgan fingerprint density at radius 3 is 2.36 bits per heavy atom. The molecule has 14 heavy (non-hydrogen) atoms. The molecule has 5 heteroatoms. The molecule has 0 aliphatic carbocycles. The van der Waals surface area contributed by atoms with Gasteiger partial charge in [-0.05, 0) is 0 Å². The summed E-state index contributed by atoms with van der Waals surface area (Å²) in [4.78, 5) is 0. The molecule has 0 unspecified atom stereocenters. The third-order valence-electron chi connectivity index (χ3n) is 1.72. The zero-order valence-corrected chi connectivity index (χ0v) is 12.6. The molecule has 1 aromatic rings. The van der Waals surface area contributed by atoms with Crippen molar-refractivity contribution in [3.8, 4) is 0 Å². The molecule has 0 heterocycles. The molecule has 0 fully saturated rings. The van der Waals surface area contributed by atoms with Crippen molar-refractivity contribution >= 4 is 0 Å². The van der Waals surface area contributed by atoms with Crippen LogP contribution < -0.4 is 24.0 Å². The van der Waals surface area contributed by atoms with Crippen LogP contribution in [0.1, 0.15) is 11.1 Å². The van der Waals surface area contributed by atoms with E-state index in [1.807, 2.05) is 0 Å². The number of benzene rings is 1. The quantitative estimate of drug-likeness (QED) is 0.520. The van der Waals surface area contributed by atoms with Crippen LogP contribution in [0.4, 0.5) is 13.2 Å². The van der Waals surface area contributed by atoms with Gasteiger partial charge in [-0.1, -0.05) is 0 Å². The molecule has 0 atom stereocenters. The Morgan fingerprint density at radius 1 is 1.21 bits per heavy atom. The summed E-state index contributed by atoms with van der Waals surface area (Å²) < 4.78 is 36.6. The van der Waals surface area contributed by atoms with Gasteiger partial charge in [0.1, 0.15) is 0 Å². The minimum Gasteiger partial charge on any atom is -1.00 e. The van der Waals surface area contributed by atoms with Crippen LogP contribution >= 0.6 is 0 Å². The van der Waals surface area contributed by atoms with Gasteiger partial charge in [0, 0.05) is 0 Å². The minimum atomic E-state index is -4.21. The predicted octanol–water partition coefficient (Wildman–Crippen LogP) is 0.217. The van der Waals surface area contributed by atoms with Crippen LogP contribution in [-0.2, 0) is 30.9 Å². The smallest absolute Gasteiger partial charge is 1.00 e. The summed E-state index contributed by atoms with van der Waals surface area (Å²) in [7, 11) is 0. The summed E-state index contributed by atoms with van der Waals surface area (Å²) in [6, 6.07) is 5.55. The molecule has 0 aliphatic rings. The Morgan fingerprint density at radius 2 is 1.86 bits per heavy atom. The van der Waals surface area contributed by atoms with E-state index < -0.39 is 11.7 Å². The van der Waals surface area contributed by atoms with Crippen molar-refractivity contribution in [3.05, 3.63) is 35.4 Å². The van der Waals surface area contributed by atoms with Crippen LogP contribution in [0.15, 0.2) is 24.3 Å². The van der Waals surface area contributed by atoms with Crippen LogP contribution in [0, 0.1) is 0 Å². The van der Waals surface area contributed by atoms with Crippen molar-refractivity contribution < 1.29 is 55.5 Å². The number of hydrogen-bond acceptors (Lipinski definition) is 0. The molecule has 0 bridgehead atoms. The van der Waals surface area contributed by atoms with Crippen LogP contribution in [0.3, 0.4) is 0 Å². The predicted molar refractivity (Wildman–Crippen MR) is 40.0 cm³/mol. The molecule has 0 N–H and O–H groups in total. The van der Waals surface area contributed by atoms with E-state index in [1.165, 1.54) is 12.1 Å². The molecule has 0 saturated carbocycles. The molecular weight excluding hydrogens is 357 g/mol. The molecule has 74 valence electrons. The fourth-order valence-electron chi connectivity index (χ4n) is 1.11. The Bertz CT molecular complexity index is 286. The molecule has 0 saturated heterocycles. The second-order valence-corrected chi connectivity index (χ2v) is 4.29. The molecule has 0 aliphatic heterocycles. The van der Waals surface area contributed by atoms with Gasteiger partial charge in [0.15, 0.2) is 0 Å². The maximum absolute atomic E-state index is 12.2. The van der Waals surface area contributed by atoms with E-state index in [1.54, 1.807) is 6.07 Å². The summed E-state index contributed by atoms with van der Waals surface area (Å²) in [6.45, 7) is 0. The van der Waals surface area contributed by atoms with E-state index in [0.29, 0.717) is 0 Å². The first-order valence-electron chi connectivity index (χ1n) is 3.99. The van der Waals surface area contributed by atoms with Gasteiger partial charge in [-0.25, -0.2) is 0 Å². The monoisotopic (exact) mass is 364 g/mol. The minimum absolute atomic E-state index is 0. The molecular formula is C9H8F3IZn. The zero-order chi connectivity index (χ0) is 9.90. The summed E-state index contributed by atoms with van der Waals surface area (Å²) >= 11 is 1.12. The van der Waals surface area contributed by atoms with E-state index in [4.69, 9.17) is 0 Å². The molecule has 0 aromatic heterocycles. The SMILES string of the molecule is FC(F)(F)c1cccc(C[CH2][Zn+])c1.[I-]. The van der Waals surface area contributed by atoms with Gasteiger partial charge in [-0.15, -0.1) is 0 Å². The van der Waals surface area contributed by atoms with Crippen LogP contribution in [0.25, 0.3) is 0 Å². The van der Waals surface area contributed by atoms with Crippen molar-refractivity contribution in [1.29, 1.82) is 0 Å². The van der Waals surface area contributed by atoms with E-state index >= 15 is 0 Å². The zero-order valence-electron chi connectivity index (χ0n) is 7.44. The number of aryl methyl sites for hydroxylation is 1. The average molecular weight is 365 g/mol. The third kappa shape index (κ3) is 4.26. The van der Waals surface area contributed by atoms with Gasteiger partial charge in [0.05, 0.1) is 0 Å². The Kier molecular flexibility index (Phi) is 6.21. The van der Waals surface area contributed by atoms with Crippen molar-refractivity contribution in [2.45, 2.75) is 17.6 Å². The number of alkyl halides is 3. The maximum atomic E-state index is 12.2. The van der Waals surface area contributed by atoms with E-state index in [2.05, 4.69) is 0 Å². The summed E-state index contributed by atoms with van der Waals surface area (Å²) in [5.74, 6) is 0. The Hall–Kier alpha value is 0.363. The Balaban J connectivity index is 0.00000169. The second kappa shape index (κ2) is 6.06. The molecule has 0 spiro atoms. The van der Waals surface area contributed by atoms with E-state index in [0.717, 1.165) is 41.4 Å². The van der Waals surface area contributed by atoms with Crippen molar-refractivity contribution in [2.24, 2.45) is 0 Å². The van der Waals surface area contributed by atoms with Crippen LogP contribution in [0.5, 0.6) is 0 Å². The fourth-order valence-corrected chi connectivity index (χ4v) is 1.96. The van der Waals surface area contributed by atoms with Crippen LogP contribution in [0.2, 0.25) is 5.02 Å². The molecule has 1 rings (SSSR count). The van der Waals surface area contributed by atoms with E-state index in [9.17, 15) is 13.2 Å². The maximum Gasteiger partial charge on any atom is -1.00 e. The average Bonchev–Trinajstić information content (AvgIpc) is 2.04. The second-order valence-electron chi connectivity index (χ2n) is 2.80. The van der Waals surface area contributed by atoms with Crippen molar-refractivity contribution in [3.63, 3.8) is 0 Å². The number of rotatable bonds is 2. The number of halogens is 4. The first kappa shape index (κ1) is 14.4.